The molecule has 1 N–H and O–H groups in total. The minimum absolute atomic E-state index is 0.0348. The first-order valence-electron chi connectivity index (χ1n) is 9.33. The molecule has 9 heteroatoms. The molecule has 0 spiro atoms. The number of fused-ring (bicyclic) bond motifs is 1. The Hall–Kier alpha value is -2.26. The van der Waals surface area contributed by atoms with Crippen molar-refractivity contribution in [2.75, 3.05) is 57.4 Å². The largest absolute Gasteiger partial charge is 0.481 e. The van der Waals surface area contributed by atoms with Crippen LogP contribution >= 0.6 is 0 Å². The highest BCUT2D eigenvalue weighted by molar-refractivity contribution is 5.80. The fourth-order valence-electron chi connectivity index (χ4n) is 4.45. The molecule has 0 unspecified atom stereocenters. The van der Waals surface area contributed by atoms with Gasteiger partial charge in [-0.1, -0.05) is 0 Å². The molecule has 3 saturated heterocycles. The molecule has 0 radical (unpaired) electrons. The standard InChI is InChI=1S/C18H25N5O4/c1-13(24)23-10-15-9-21(11-18(15,12-23)16(25)26)8-14-6-19-17(20-7-14)22-2-4-27-5-3-22/h6-7,15H,2-5,8-12H2,1H3,(H,25,26)/t15-,18-/m1/s1. The molecule has 27 heavy (non-hydrogen) atoms. The SMILES string of the molecule is CC(=O)N1C[C@H]2CN(Cc3cnc(N4CCOCC4)nc3)C[C@@]2(C(=O)O)C1. The van der Waals surface area contributed by atoms with E-state index in [-0.39, 0.29) is 11.8 Å². The van der Waals surface area contributed by atoms with Crippen LogP contribution in [0.3, 0.4) is 0 Å². The molecular weight excluding hydrogens is 350 g/mol. The van der Waals surface area contributed by atoms with Crippen LogP contribution in [-0.2, 0) is 20.9 Å². The number of carbonyl (C=O) groups is 2. The van der Waals surface area contributed by atoms with Gasteiger partial charge in [0.25, 0.3) is 0 Å². The summed E-state index contributed by atoms with van der Waals surface area (Å²) in [6.07, 6.45) is 3.64. The van der Waals surface area contributed by atoms with E-state index >= 15 is 0 Å². The van der Waals surface area contributed by atoms with E-state index in [1.807, 2.05) is 12.4 Å². The number of morpholine rings is 1. The van der Waals surface area contributed by atoms with Crippen molar-refractivity contribution in [3.63, 3.8) is 0 Å². The molecule has 3 fully saturated rings. The van der Waals surface area contributed by atoms with Gasteiger partial charge in [-0.3, -0.25) is 14.5 Å². The minimum Gasteiger partial charge on any atom is -0.481 e. The lowest BCUT2D eigenvalue weighted by atomic mass is 9.81. The van der Waals surface area contributed by atoms with Crippen molar-refractivity contribution in [1.82, 2.24) is 19.8 Å². The van der Waals surface area contributed by atoms with Gasteiger partial charge >= 0.3 is 5.97 Å². The second-order valence-corrected chi connectivity index (χ2v) is 7.72. The number of rotatable bonds is 4. The molecule has 4 rings (SSSR count). The Labute approximate surface area is 157 Å². The summed E-state index contributed by atoms with van der Waals surface area (Å²) in [4.78, 5) is 38.5. The van der Waals surface area contributed by atoms with Crippen LogP contribution in [0.2, 0.25) is 0 Å². The maximum Gasteiger partial charge on any atom is 0.313 e. The van der Waals surface area contributed by atoms with E-state index in [1.54, 1.807) is 4.90 Å². The van der Waals surface area contributed by atoms with Crippen molar-refractivity contribution >= 4 is 17.8 Å². The molecule has 3 aliphatic rings. The molecular formula is C18H25N5O4. The van der Waals surface area contributed by atoms with Crippen LogP contribution in [0, 0.1) is 11.3 Å². The van der Waals surface area contributed by atoms with Crippen molar-refractivity contribution in [1.29, 1.82) is 0 Å². The summed E-state index contributed by atoms with van der Waals surface area (Å²) in [5.74, 6) is -0.187. The van der Waals surface area contributed by atoms with E-state index in [9.17, 15) is 14.7 Å². The van der Waals surface area contributed by atoms with Gasteiger partial charge in [0.1, 0.15) is 5.41 Å². The van der Waals surface area contributed by atoms with E-state index < -0.39 is 11.4 Å². The maximum absolute atomic E-state index is 12.0. The van der Waals surface area contributed by atoms with E-state index in [1.165, 1.54) is 6.92 Å². The molecule has 4 heterocycles. The fourth-order valence-corrected chi connectivity index (χ4v) is 4.45. The van der Waals surface area contributed by atoms with Crippen LogP contribution in [0.25, 0.3) is 0 Å². The molecule has 2 atom stereocenters. The Kier molecular flexibility index (Phi) is 4.73. The average Bonchev–Trinajstić information content (AvgIpc) is 3.18. The quantitative estimate of drug-likeness (QED) is 0.764. The van der Waals surface area contributed by atoms with Crippen LogP contribution in [0.4, 0.5) is 5.95 Å². The second kappa shape index (κ2) is 7.05. The van der Waals surface area contributed by atoms with Crippen molar-refractivity contribution in [2.45, 2.75) is 13.5 Å². The first kappa shape index (κ1) is 18.1. The average molecular weight is 375 g/mol. The number of carbonyl (C=O) groups excluding carboxylic acids is 1. The number of carboxylic acids is 1. The summed E-state index contributed by atoms with van der Waals surface area (Å²) in [6, 6.07) is 0. The predicted molar refractivity (Wildman–Crippen MR) is 96.2 cm³/mol. The monoisotopic (exact) mass is 375 g/mol. The summed E-state index contributed by atoms with van der Waals surface area (Å²) in [6.45, 7) is 7.02. The lowest BCUT2D eigenvalue weighted by molar-refractivity contribution is -0.149. The van der Waals surface area contributed by atoms with Gasteiger partial charge in [0.2, 0.25) is 11.9 Å². The molecule has 0 aliphatic carbocycles. The van der Waals surface area contributed by atoms with Crippen LogP contribution in [0.5, 0.6) is 0 Å². The first-order chi connectivity index (χ1) is 13.0. The summed E-state index contributed by atoms with van der Waals surface area (Å²) >= 11 is 0. The number of aromatic nitrogens is 2. The van der Waals surface area contributed by atoms with Crippen LogP contribution in [-0.4, -0.2) is 89.2 Å². The Bertz CT molecular complexity index is 721. The van der Waals surface area contributed by atoms with Gasteiger partial charge in [0.15, 0.2) is 0 Å². The van der Waals surface area contributed by atoms with Crippen LogP contribution in [0.15, 0.2) is 12.4 Å². The first-order valence-corrected chi connectivity index (χ1v) is 9.33. The molecule has 1 aromatic heterocycles. The van der Waals surface area contributed by atoms with E-state index in [0.717, 1.165) is 18.7 Å². The van der Waals surface area contributed by atoms with Gasteiger partial charge in [-0.05, 0) is 0 Å². The van der Waals surface area contributed by atoms with Crippen molar-refractivity contribution in [3.05, 3.63) is 18.0 Å². The predicted octanol–water partition coefficient (Wildman–Crippen LogP) is -0.322. The zero-order chi connectivity index (χ0) is 19.0. The lowest BCUT2D eigenvalue weighted by Gasteiger charge is -2.27. The van der Waals surface area contributed by atoms with Gasteiger partial charge < -0.3 is 19.6 Å². The number of amides is 1. The second-order valence-electron chi connectivity index (χ2n) is 7.72. The molecule has 0 saturated carbocycles. The van der Waals surface area contributed by atoms with Gasteiger partial charge in [-0.2, -0.15) is 0 Å². The summed E-state index contributed by atoms with van der Waals surface area (Å²) in [5.41, 5.74) is 0.108. The number of anilines is 1. The Morgan fingerprint density at radius 3 is 2.52 bits per heavy atom. The van der Waals surface area contributed by atoms with Crippen molar-refractivity contribution < 1.29 is 19.4 Å². The molecule has 1 aromatic rings. The normalized spacial score (nSPS) is 28.4. The summed E-state index contributed by atoms with van der Waals surface area (Å²) in [7, 11) is 0. The Balaban J connectivity index is 1.41. The summed E-state index contributed by atoms with van der Waals surface area (Å²) < 4.78 is 5.34. The topological polar surface area (TPSA) is 99.1 Å². The molecule has 9 nitrogen and oxygen atoms in total. The van der Waals surface area contributed by atoms with Gasteiger partial charge in [0.05, 0.1) is 13.2 Å². The minimum atomic E-state index is -0.861. The van der Waals surface area contributed by atoms with Crippen molar-refractivity contribution in [3.8, 4) is 0 Å². The zero-order valence-electron chi connectivity index (χ0n) is 15.5. The number of aliphatic carboxylic acids is 1. The van der Waals surface area contributed by atoms with Crippen molar-refractivity contribution in [2.24, 2.45) is 11.3 Å². The number of likely N-dealkylation sites (tertiary alicyclic amines) is 2. The molecule has 0 bridgehead atoms. The third-order valence-electron chi connectivity index (χ3n) is 5.94. The number of ether oxygens (including phenoxy) is 1. The van der Waals surface area contributed by atoms with Gasteiger partial charge in [-0.25, -0.2) is 9.97 Å². The maximum atomic E-state index is 12.0. The highest BCUT2D eigenvalue weighted by atomic mass is 16.5. The number of nitrogens with zero attached hydrogens (tertiary/aromatic N) is 5. The highest BCUT2D eigenvalue weighted by Crippen LogP contribution is 2.43. The lowest BCUT2D eigenvalue weighted by Crippen LogP contribution is -2.41. The number of hydrogen-bond acceptors (Lipinski definition) is 7. The molecule has 3 aliphatic heterocycles. The number of hydrogen-bond donors (Lipinski definition) is 1. The zero-order valence-corrected chi connectivity index (χ0v) is 15.5. The molecule has 146 valence electrons. The molecule has 0 aromatic carbocycles. The number of carboxylic acid groups (broad SMARTS) is 1. The van der Waals surface area contributed by atoms with E-state index in [4.69, 9.17) is 4.74 Å². The third kappa shape index (κ3) is 3.37. The Morgan fingerprint density at radius 2 is 1.93 bits per heavy atom. The van der Waals surface area contributed by atoms with Crippen LogP contribution in [0.1, 0.15) is 12.5 Å². The van der Waals surface area contributed by atoms with E-state index in [2.05, 4.69) is 19.8 Å². The van der Waals surface area contributed by atoms with Crippen LogP contribution < -0.4 is 4.90 Å². The highest BCUT2D eigenvalue weighted by Gasteiger charge is 2.58. The smallest absolute Gasteiger partial charge is 0.313 e. The Morgan fingerprint density at radius 1 is 1.22 bits per heavy atom. The third-order valence-corrected chi connectivity index (χ3v) is 5.94. The fraction of sp³-hybridized carbons (Fsp3) is 0.667. The van der Waals surface area contributed by atoms with Gasteiger partial charge in [-0.15, -0.1) is 0 Å². The summed E-state index contributed by atoms with van der Waals surface area (Å²) in [5, 5.41) is 9.83. The molecule has 1 amide bonds. The van der Waals surface area contributed by atoms with E-state index in [0.29, 0.717) is 51.9 Å². The van der Waals surface area contributed by atoms with Gasteiger partial charge in [0, 0.05) is 76.6 Å².